The van der Waals surface area contributed by atoms with Gasteiger partial charge in [0.25, 0.3) is 0 Å². The second kappa shape index (κ2) is 6.40. The molecule has 1 saturated heterocycles. The largest absolute Gasteiger partial charge is 0.478 e. The molecular weight excluding hydrogens is 262 g/mol. The van der Waals surface area contributed by atoms with Crippen molar-refractivity contribution in [2.75, 3.05) is 19.6 Å². The summed E-state index contributed by atoms with van der Waals surface area (Å²) in [7, 11) is 0. The van der Waals surface area contributed by atoms with E-state index in [4.69, 9.17) is 15.6 Å². The van der Waals surface area contributed by atoms with Crippen LogP contribution in [0.3, 0.4) is 0 Å². The number of likely N-dealkylation sites (tertiary alicyclic amines) is 1. The fourth-order valence-corrected chi connectivity index (χ4v) is 1.63. The van der Waals surface area contributed by atoms with Crippen molar-refractivity contribution >= 4 is 18.3 Å². The normalized spacial score (nSPS) is 17.1. The zero-order chi connectivity index (χ0) is 15.3. The van der Waals surface area contributed by atoms with Gasteiger partial charge in [-0.15, -0.1) is 0 Å². The Morgan fingerprint density at radius 1 is 1.45 bits per heavy atom. The van der Waals surface area contributed by atoms with E-state index in [0.29, 0.717) is 19.6 Å². The first-order valence-electron chi connectivity index (χ1n) is 6.36. The van der Waals surface area contributed by atoms with Crippen LogP contribution in [-0.2, 0) is 9.53 Å². The molecule has 0 aliphatic carbocycles. The third kappa shape index (κ3) is 4.91. The van der Waals surface area contributed by atoms with Crippen LogP contribution in [0.2, 0.25) is 0 Å². The van der Waals surface area contributed by atoms with E-state index in [2.05, 4.69) is 4.99 Å². The molecule has 3 N–H and O–H groups in total. The summed E-state index contributed by atoms with van der Waals surface area (Å²) >= 11 is 0. The molecular formula is C13H21N3O4. The number of aliphatic carboxylic acids is 1. The highest BCUT2D eigenvalue weighted by atomic mass is 16.6. The summed E-state index contributed by atoms with van der Waals surface area (Å²) in [6.07, 6.45) is 1.91. The molecule has 0 aromatic carbocycles. The topological polar surface area (TPSA) is 105 Å². The van der Waals surface area contributed by atoms with Gasteiger partial charge in [-0.2, -0.15) is 0 Å². The first kappa shape index (κ1) is 16.0. The summed E-state index contributed by atoms with van der Waals surface area (Å²) in [5, 5.41) is 8.72. The molecule has 0 radical (unpaired) electrons. The number of hydrogen-bond donors (Lipinski definition) is 2. The van der Waals surface area contributed by atoms with Crippen molar-refractivity contribution in [3.63, 3.8) is 0 Å². The second-order valence-corrected chi connectivity index (χ2v) is 5.67. The van der Waals surface area contributed by atoms with Crippen molar-refractivity contribution in [2.24, 2.45) is 16.6 Å². The zero-order valence-corrected chi connectivity index (χ0v) is 12.0. The molecule has 1 amide bonds. The fraction of sp³-hybridized carbons (Fsp3) is 0.615. The summed E-state index contributed by atoms with van der Waals surface area (Å²) in [6.45, 7) is 7.06. The van der Waals surface area contributed by atoms with Crippen molar-refractivity contribution in [1.29, 1.82) is 0 Å². The van der Waals surface area contributed by atoms with Crippen molar-refractivity contribution in [2.45, 2.75) is 26.4 Å². The Bertz CT molecular complexity index is 431. The number of nitrogens with two attached hydrogens (primary N) is 1. The van der Waals surface area contributed by atoms with Gasteiger partial charge in [0.1, 0.15) is 5.60 Å². The van der Waals surface area contributed by atoms with E-state index >= 15 is 0 Å². The second-order valence-electron chi connectivity index (χ2n) is 5.67. The van der Waals surface area contributed by atoms with E-state index < -0.39 is 11.6 Å². The summed E-state index contributed by atoms with van der Waals surface area (Å²) in [5.74, 6) is -0.883. The Labute approximate surface area is 118 Å². The molecule has 20 heavy (non-hydrogen) atoms. The van der Waals surface area contributed by atoms with Gasteiger partial charge in [0.05, 0.1) is 5.57 Å². The summed E-state index contributed by atoms with van der Waals surface area (Å²) in [5.41, 5.74) is 4.61. The number of aliphatic imine (C=N–C) groups is 1. The van der Waals surface area contributed by atoms with Crippen molar-refractivity contribution in [3.05, 3.63) is 11.8 Å². The van der Waals surface area contributed by atoms with Gasteiger partial charge in [-0.05, 0) is 20.8 Å². The van der Waals surface area contributed by atoms with Crippen molar-refractivity contribution < 1.29 is 19.4 Å². The van der Waals surface area contributed by atoms with Crippen LogP contribution in [0.15, 0.2) is 16.8 Å². The van der Waals surface area contributed by atoms with Gasteiger partial charge >= 0.3 is 12.1 Å². The minimum atomic E-state index is -1.11. The molecule has 0 unspecified atom stereocenters. The monoisotopic (exact) mass is 283 g/mol. The highest BCUT2D eigenvalue weighted by molar-refractivity contribution is 6.08. The standard InChI is InChI=1S/C13H21N3O4/c1-13(2,3)20-12(19)16-7-9(8-16)5-15-6-10(4-14)11(17)18/h4,6,9H,5,7-8,14H2,1-3H3,(H,17,18). The smallest absolute Gasteiger partial charge is 0.410 e. The zero-order valence-electron chi connectivity index (χ0n) is 12.0. The van der Waals surface area contributed by atoms with Crippen LogP contribution in [-0.4, -0.2) is 53.5 Å². The van der Waals surface area contributed by atoms with Crippen LogP contribution in [0.5, 0.6) is 0 Å². The van der Waals surface area contributed by atoms with Crippen molar-refractivity contribution in [3.8, 4) is 0 Å². The van der Waals surface area contributed by atoms with E-state index in [9.17, 15) is 9.59 Å². The van der Waals surface area contributed by atoms with Crippen molar-refractivity contribution in [1.82, 2.24) is 4.90 Å². The molecule has 1 fully saturated rings. The molecule has 112 valence electrons. The molecule has 1 aliphatic rings. The molecule has 0 aromatic rings. The summed E-state index contributed by atoms with van der Waals surface area (Å²) in [6, 6.07) is 0. The lowest BCUT2D eigenvalue weighted by molar-refractivity contribution is -0.132. The number of ether oxygens (including phenoxy) is 1. The van der Waals surface area contributed by atoms with Gasteiger partial charge in [0, 0.05) is 38.0 Å². The third-order valence-electron chi connectivity index (χ3n) is 2.63. The Morgan fingerprint density at radius 2 is 2.05 bits per heavy atom. The van der Waals surface area contributed by atoms with E-state index in [1.54, 1.807) is 4.90 Å². The Balaban J connectivity index is 2.31. The predicted molar refractivity (Wildman–Crippen MR) is 74.6 cm³/mol. The Morgan fingerprint density at radius 3 is 2.50 bits per heavy atom. The lowest BCUT2D eigenvalue weighted by Gasteiger charge is -2.39. The lowest BCUT2D eigenvalue weighted by atomic mass is 10.0. The van der Waals surface area contributed by atoms with Gasteiger partial charge < -0.3 is 20.5 Å². The van der Waals surface area contributed by atoms with Gasteiger partial charge in [0.2, 0.25) is 0 Å². The predicted octanol–water partition coefficient (Wildman–Crippen LogP) is 0.851. The number of carboxylic acids is 1. The average molecular weight is 283 g/mol. The number of nitrogens with zero attached hydrogens (tertiary/aromatic N) is 2. The molecule has 1 aliphatic heterocycles. The van der Waals surface area contributed by atoms with Gasteiger partial charge in [0.15, 0.2) is 0 Å². The van der Waals surface area contributed by atoms with E-state index in [1.807, 2.05) is 20.8 Å². The number of rotatable bonds is 4. The molecule has 0 bridgehead atoms. The Hall–Kier alpha value is -2.05. The summed E-state index contributed by atoms with van der Waals surface area (Å²) < 4.78 is 5.23. The molecule has 0 atom stereocenters. The van der Waals surface area contributed by atoms with E-state index in [1.165, 1.54) is 6.21 Å². The highest BCUT2D eigenvalue weighted by Crippen LogP contribution is 2.19. The Kier molecular flexibility index (Phi) is 5.12. The SMILES string of the molecule is CC(C)(C)OC(=O)N1CC(CN=CC(=CN)C(=O)O)C1. The first-order valence-corrected chi connectivity index (χ1v) is 6.36. The minimum absolute atomic E-state index is 0.0479. The summed E-state index contributed by atoms with van der Waals surface area (Å²) in [4.78, 5) is 27.9. The maximum atomic E-state index is 11.7. The molecule has 1 heterocycles. The quantitative estimate of drug-likeness (QED) is 0.588. The molecule has 1 rings (SSSR count). The number of amides is 1. The molecule has 0 spiro atoms. The van der Waals surface area contributed by atoms with Crippen LogP contribution in [0.4, 0.5) is 4.79 Å². The van der Waals surface area contributed by atoms with Crippen LogP contribution in [0.1, 0.15) is 20.8 Å². The number of carbonyl (C=O) groups is 2. The first-order chi connectivity index (χ1) is 9.23. The highest BCUT2D eigenvalue weighted by Gasteiger charge is 2.33. The van der Waals surface area contributed by atoms with Gasteiger partial charge in [-0.25, -0.2) is 9.59 Å². The molecule has 7 heteroatoms. The molecule has 0 aromatic heterocycles. The molecule has 0 saturated carbocycles. The van der Waals surface area contributed by atoms with Crippen LogP contribution >= 0.6 is 0 Å². The number of hydrogen-bond acceptors (Lipinski definition) is 5. The maximum absolute atomic E-state index is 11.7. The van der Waals surface area contributed by atoms with Crippen LogP contribution < -0.4 is 5.73 Å². The third-order valence-corrected chi connectivity index (χ3v) is 2.63. The van der Waals surface area contributed by atoms with Crippen LogP contribution in [0, 0.1) is 5.92 Å². The number of carbonyl (C=O) groups excluding carboxylic acids is 1. The van der Waals surface area contributed by atoms with E-state index in [-0.39, 0.29) is 17.6 Å². The minimum Gasteiger partial charge on any atom is -0.478 e. The fourth-order valence-electron chi connectivity index (χ4n) is 1.63. The number of carboxylic acid groups (broad SMARTS) is 1. The van der Waals surface area contributed by atoms with Gasteiger partial charge in [-0.1, -0.05) is 0 Å². The van der Waals surface area contributed by atoms with Gasteiger partial charge in [-0.3, -0.25) is 4.99 Å². The lowest BCUT2D eigenvalue weighted by Crippen LogP contribution is -2.52. The average Bonchev–Trinajstić information content (AvgIpc) is 2.23. The van der Waals surface area contributed by atoms with Crippen LogP contribution in [0.25, 0.3) is 0 Å². The maximum Gasteiger partial charge on any atom is 0.410 e. The van der Waals surface area contributed by atoms with E-state index in [0.717, 1.165) is 6.20 Å². The molecule has 7 nitrogen and oxygen atoms in total.